The third kappa shape index (κ3) is 2.66. The molecule has 0 atom stereocenters. The van der Waals surface area contributed by atoms with Crippen LogP contribution in [-0.4, -0.2) is 5.78 Å². The van der Waals surface area contributed by atoms with Crippen LogP contribution in [0.5, 0.6) is 0 Å². The minimum atomic E-state index is -0.523. The molecule has 98 valence electrons. The fraction of sp³-hybridized carbons (Fsp3) is 0.133. The average Bonchev–Trinajstić information content (AvgIpc) is 2.33. The van der Waals surface area contributed by atoms with Gasteiger partial charge in [-0.1, -0.05) is 17.7 Å². The maximum Gasteiger partial charge on any atom is 0.161 e. The van der Waals surface area contributed by atoms with Gasteiger partial charge in [-0.2, -0.15) is 0 Å². The highest BCUT2D eigenvalue weighted by atomic mass is 35.5. The largest absolute Gasteiger partial charge is 0.294 e. The van der Waals surface area contributed by atoms with Crippen molar-refractivity contribution in [1.82, 2.24) is 0 Å². The third-order valence-electron chi connectivity index (χ3n) is 2.91. The molecule has 0 saturated carbocycles. The molecule has 0 spiro atoms. The summed E-state index contributed by atoms with van der Waals surface area (Å²) in [6, 6.07) is 6.79. The van der Waals surface area contributed by atoms with Crippen molar-refractivity contribution in [2.24, 2.45) is 0 Å². The number of benzene rings is 2. The van der Waals surface area contributed by atoms with Crippen LogP contribution in [0.3, 0.4) is 0 Å². The van der Waals surface area contributed by atoms with Gasteiger partial charge >= 0.3 is 0 Å². The molecule has 4 heteroatoms. The summed E-state index contributed by atoms with van der Waals surface area (Å²) in [5.41, 5.74) is 1.16. The lowest BCUT2D eigenvalue weighted by Crippen LogP contribution is -1.95. The molecule has 0 unspecified atom stereocenters. The number of ketones is 1. The van der Waals surface area contributed by atoms with Crippen molar-refractivity contribution in [2.75, 3.05) is 0 Å². The van der Waals surface area contributed by atoms with Crippen molar-refractivity contribution in [3.8, 4) is 11.1 Å². The Bertz CT molecular complexity index is 665. The number of carbonyl (C=O) groups excluding carboxylic acids is 1. The highest BCUT2D eigenvalue weighted by molar-refractivity contribution is 6.34. The molecule has 2 rings (SSSR count). The van der Waals surface area contributed by atoms with E-state index in [1.807, 2.05) is 0 Å². The minimum absolute atomic E-state index is 0.125. The molecule has 0 amide bonds. The van der Waals surface area contributed by atoms with E-state index in [2.05, 4.69) is 0 Å². The molecule has 0 bridgehead atoms. The van der Waals surface area contributed by atoms with Crippen LogP contribution >= 0.6 is 11.6 Å². The first-order chi connectivity index (χ1) is 8.90. The summed E-state index contributed by atoms with van der Waals surface area (Å²) < 4.78 is 27.3. The summed E-state index contributed by atoms with van der Waals surface area (Å²) in [6.45, 7) is 2.89. The molecule has 0 saturated heterocycles. The molecule has 2 aromatic rings. The quantitative estimate of drug-likeness (QED) is 0.723. The van der Waals surface area contributed by atoms with Crippen LogP contribution in [-0.2, 0) is 0 Å². The fourth-order valence-corrected chi connectivity index (χ4v) is 2.15. The van der Waals surface area contributed by atoms with Gasteiger partial charge in [0.25, 0.3) is 0 Å². The Balaban J connectivity index is 2.57. The zero-order valence-electron chi connectivity index (χ0n) is 10.4. The molecular weight excluding hydrogens is 270 g/mol. The number of rotatable bonds is 2. The first kappa shape index (κ1) is 13.7. The highest BCUT2D eigenvalue weighted by Gasteiger charge is 2.12. The summed E-state index contributed by atoms with van der Waals surface area (Å²) in [5, 5.41) is 0.227. The maximum absolute atomic E-state index is 13.8. The van der Waals surface area contributed by atoms with E-state index in [0.29, 0.717) is 11.1 Å². The standard InChI is InChI=1S/C15H11ClF2O/c1-8-5-15(18)12(7-14(8)17)10-3-4-11(9(2)19)13(16)6-10/h3-7H,1-2H3. The van der Waals surface area contributed by atoms with Gasteiger partial charge in [-0.15, -0.1) is 0 Å². The minimum Gasteiger partial charge on any atom is -0.294 e. The molecule has 0 aliphatic rings. The van der Waals surface area contributed by atoms with Crippen molar-refractivity contribution < 1.29 is 13.6 Å². The lowest BCUT2D eigenvalue weighted by atomic mass is 10.0. The second-order valence-corrected chi connectivity index (χ2v) is 4.74. The van der Waals surface area contributed by atoms with Crippen LogP contribution < -0.4 is 0 Å². The molecule has 0 radical (unpaired) electrons. The van der Waals surface area contributed by atoms with Crippen molar-refractivity contribution in [2.45, 2.75) is 13.8 Å². The predicted octanol–water partition coefficient (Wildman–Crippen LogP) is 4.80. The third-order valence-corrected chi connectivity index (χ3v) is 3.22. The van der Waals surface area contributed by atoms with Gasteiger partial charge in [0.2, 0.25) is 0 Å². The van der Waals surface area contributed by atoms with E-state index in [9.17, 15) is 13.6 Å². The van der Waals surface area contributed by atoms with Crippen molar-refractivity contribution in [1.29, 1.82) is 0 Å². The van der Waals surface area contributed by atoms with E-state index in [1.54, 1.807) is 6.07 Å². The van der Waals surface area contributed by atoms with Gasteiger partial charge in [-0.05, 0) is 49.2 Å². The van der Waals surface area contributed by atoms with E-state index < -0.39 is 11.6 Å². The maximum atomic E-state index is 13.8. The van der Waals surface area contributed by atoms with Gasteiger partial charge in [0.15, 0.2) is 5.78 Å². The number of hydrogen-bond donors (Lipinski definition) is 0. The van der Waals surface area contributed by atoms with Gasteiger partial charge in [-0.3, -0.25) is 4.79 Å². The normalized spacial score (nSPS) is 10.6. The monoisotopic (exact) mass is 280 g/mol. The molecular formula is C15H11ClF2O. The van der Waals surface area contributed by atoms with Gasteiger partial charge < -0.3 is 0 Å². The Labute approximate surface area is 114 Å². The summed E-state index contributed by atoms with van der Waals surface area (Å²) in [4.78, 5) is 11.3. The van der Waals surface area contributed by atoms with E-state index in [-0.39, 0.29) is 21.9 Å². The molecule has 0 aromatic heterocycles. The summed E-state index contributed by atoms with van der Waals surface area (Å²) in [7, 11) is 0. The number of carbonyl (C=O) groups is 1. The smallest absolute Gasteiger partial charge is 0.161 e. The lowest BCUT2D eigenvalue weighted by Gasteiger charge is -2.08. The molecule has 0 aliphatic carbocycles. The van der Waals surface area contributed by atoms with Crippen LogP contribution in [0.25, 0.3) is 11.1 Å². The fourth-order valence-electron chi connectivity index (χ4n) is 1.84. The molecule has 1 nitrogen and oxygen atoms in total. The van der Waals surface area contributed by atoms with E-state index in [4.69, 9.17) is 11.6 Å². The molecule has 2 aromatic carbocycles. The van der Waals surface area contributed by atoms with Crippen LogP contribution in [0, 0.1) is 18.6 Å². The van der Waals surface area contributed by atoms with Crippen LogP contribution in [0.2, 0.25) is 5.02 Å². The van der Waals surface area contributed by atoms with Crippen LogP contribution in [0.1, 0.15) is 22.8 Å². The van der Waals surface area contributed by atoms with Gasteiger partial charge in [-0.25, -0.2) is 8.78 Å². The van der Waals surface area contributed by atoms with E-state index >= 15 is 0 Å². The molecule has 0 fully saturated rings. The zero-order chi connectivity index (χ0) is 14.2. The number of aryl methyl sites for hydroxylation is 1. The first-order valence-corrected chi connectivity index (χ1v) is 6.04. The van der Waals surface area contributed by atoms with E-state index in [1.165, 1.54) is 26.0 Å². The summed E-state index contributed by atoms with van der Waals surface area (Å²) in [6.07, 6.45) is 0. The predicted molar refractivity (Wildman–Crippen MR) is 71.5 cm³/mol. The Morgan fingerprint density at radius 2 is 1.79 bits per heavy atom. The molecule has 0 heterocycles. The van der Waals surface area contributed by atoms with Crippen LogP contribution in [0.15, 0.2) is 30.3 Å². The Kier molecular flexibility index (Phi) is 3.67. The second-order valence-electron chi connectivity index (χ2n) is 4.33. The van der Waals surface area contributed by atoms with Gasteiger partial charge in [0, 0.05) is 11.1 Å². The molecule has 0 N–H and O–H groups in total. The summed E-state index contributed by atoms with van der Waals surface area (Å²) in [5.74, 6) is -1.18. The van der Waals surface area contributed by atoms with E-state index in [0.717, 1.165) is 12.1 Å². The Hall–Kier alpha value is -1.74. The Morgan fingerprint density at radius 1 is 1.11 bits per heavy atom. The lowest BCUT2D eigenvalue weighted by molar-refractivity contribution is 0.101. The molecule has 19 heavy (non-hydrogen) atoms. The first-order valence-electron chi connectivity index (χ1n) is 5.66. The second kappa shape index (κ2) is 5.10. The summed E-state index contributed by atoms with van der Waals surface area (Å²) >= 11 is 5.96. The van der Waals surface area contributed by atoms with Gasteiger partial charge in [0.05, 0.1) is 5.02 Å². The highest BCUT2D eigenvalue weighted by Crippen LogP contribution is 2.29. The van der Waals surface area contributed by atoms with Crippen molar-refractivity contribution in [3.63, 3.8) is 0 Å². The van der Waals surface area contributed by atoms with Gasteiger partial charge in [0.1, 0.15) is 11.6 Å². The van der Waals surface area contributed by atoms with Crippen molar-refractivity contribution >= 4 is 17.4 Å². The molecule has 0 aliphatic heterocycles. The zero-order valence-corrected chi connectivity index (χ0v) is 11.2. The Morgan fingerprint density at radius 3 is 2.37 bits per heavy atom. The SMILES string of the molecule is CC(=O)c1ccc(-c2cc(F)c(C)cc2F)cc1Cl. The topological polar surface area (TPSA) is 17.1 Å². The van der Waals surface area contributed by atoms with Crippen LogP contribution in [0.4, 0.5) is 8.78 Å². The number of halogens is 3. The average molecular weight is 281 g/mol. The van der Waals surface area contributed by atoms with Crippen molar-refractivity contribution in [3.05, 3.63) is 58.1 Å². The number of hydrogen-bond acceptors (Lipinski definition) is 1. The number of Topliss-reactive ketones (excluding diaryl/α,β-unsaturated/α-hetero) is 1.